The normalized spacial score (nSPS) is 14.9. The van der Waals surface area contributed by atoms with E-state index in [4.69, 9.17) is 4.42 Å². The Balaban J connectivity index is 1.50. The number of nitrogens with zero attached hydrogens (tertiary/aromatic N) is 2. The van der Waals surface area contributed by atoms with Gasteiger partial charge in [-0.3, -0.25) is 9.69 Å². The summed E-state index contributed by atoms with van der Waals surface area (Å²) in [5, 5.41) is 10.5. The molecule has 5 nitrogen and oxygen atoms in total. The first-order chi connectivity index (χ1) is 17.2. The minimum absolute atomic E-state index is 0.0281. The number of piperazine rings is 1. The van der Waals surface area contributed by atoms with E-state index in [1.165, 1.54) is 36.4 Å². The summed E-state index contributed by atoms with van der Waals surface area (Å²) < 4.78 is 60.7. The van der Waals surface area contributed by atoms with Crippen molar-refractivity contribution >= 4 is 16.7 Å². The molecule has 36 heavy (non-hydrogen) atoms. The lowest BCUT2D eigenvalue weighted by atomic mass is 10.00. The van der Waals surface area contributed by atoms with E-state index in [9.17, 15) is 27.5 Å². The zero-order valence-corrected chi connectivity index (χ0v) is 19.1. The average Bonchev–Trinajstić information content (AvgIpc) is 2.86. The Hall–Kier alpha value is -3.85. The first-order valence-electron chi connectivity index (χ1n) is 11.4. The zero-order chi connectivity index (χ0) is 25.4. The van der Waals surface area contributed by atoms with Gasteiger partial charge >= 0.3 is 6.18 Å². The molecule has 0 bridgehead atoms. The molecule has 2 heterocycles. The van der Waals surface area contributed by atoms with Gasteiger partial charge in [0.1, 0.15) is 17.1 Å². The number of alkyl halides is 3. The Morgan fingerprint density at radius 3 is 2.19 bits per heavy atom. The molecule has 1 aliphatic rings. The van der Waals surface area contributed by atoms with Crippen LogP contribution in [0.25, 0.3) is 22.1 Å². The first kappa shape index (κ1) is 23.9. The van der Waals surface area contributed by atoms with Gasteiger partial charge in [-0.15, -0.1) is 0 Å². The van der Waals surface area contributed by atoms with Gasteiger partial charge < -0.3 is 14.4 Å². The summed E-state index contributed by atoms with van der Waals surface area (Å²) in [6.07, 6.45) is -4.91. The Morgan fingerprint density at radius 1 is 0.889 bits per heavy atom. The first-order valence-corrected chi connectivity index (χ1v) is 11.4. The van der Waals surface area contributed by atoms with Crippen molar-refractivity contribution in [3.8, 4) is 16.9 Å². The number of benzene rings is 3. The maximum atomic E-state index is 14.0. The number of hydrogen-bond acceptors (Lipinski definition) is 5. The number of rotatable bonds is 4. The fourth-order valence-corrected chi connectivity index (χ4v) is 4.56. The maximum absolute atomic E-state index is 14.0. The van der Waals surface area contributed by atoms with Gasteiger partial charge in [-0.05, 0) is 42.0 Å². The van der Waals surface area contributed by atoms with Crippen molar-refractivity contribution in [1.29, 1.82) is 0 Å². The van der Waals surface area contributed by atoms with Gasteiger partial charge in [0.2, 0.25) is 11.2 Å². The minimum Gasteiger partial charge on any atom is -0.507 e. The largest absolute Gasteiger partial charge is 0.507 e. The van der Waals surface area contributed by atoms with Crippen LogP contribution in [0.3, 0.4) is 0 Å². The Bertz CT molecular complexity index is 1440. The Morgan fingerprint density at radius 2 is 1.56 bits per heavy atom. The van der Waals surface area contributed by atoms with E-state index in [2.05, 4.69) is 4.90 Å². The van der Waals surface area contributed by atoms with E-state index >= 15 is 0 Å². The number of anilines is 1. The lowest BCUT2D eigenvalue weighted by Gasteiger charge is -2.36. The SMILES string of the molecule is O=c1c(-c2ccccc2)c(C(F)(F)F)oc2c(CN3CCN(c4ccc(F)cc4)CC3)c(O)ccc12. The lowest BCUT2D eigenvalue weighted by Crippen LogP contribution is -2.46. The van der Waals surface area contributed by atoms with E-state index in [-0.39, 0.29) is 40.2 Å². The van der Waals surface area contributed by atoms with E-state index in [0.29, 0.717) is 26.2 Å². The molecule has 1 N–H and O–H groups in total. The molecule has 0 atom stereocenters. The predicted molar refractivity (Wildman–Crippen MR) is 128 cm³/mol. The second-order valence-electron chi connectivity index (χ2n) is 8.68. The fraction of sp³-hybridized carbons (Fsp3) is 0.222. The molecule has 3 aromatic carbocycles. The highest BCUT2D eigenvalue weighted by Gasteiger charge is 2.40. The molecular formula is C27H22F4N2O3. The van der Waals surface area contributed by atoms with Crippen molar-refractivity contribution in [3.63, 3.8) is 0 Å². The summed E-state index contributed by atoms with van der Waals surface area (Å²) in [6.45, 7) is 2.41. The van der Waals surface area contributed by atoms with E-state index < -0.39 is 22.9 Å². The van der Waals surface area contributed by atoms with Crippen molar-refractivity contribution in [2.75, 3.05) is 31.1 Å². The number of phenols is 1. The van der Waals surface area contributed by atoms with Crippen LogP contribution in [0.15, 0.2) is 75.9 Å². The lowest BCUT2D eigenvalue weighted by molar-refractivity contribution is -0.152. The zero-order valence-electron chi connectivity index (χ0n) is 19.1. The monoisotopic (exact) mass is 498 g/mol. The molecular weight excluding hydrogens is 476 g/mol. The summed E-state index contributed by atoms with van der Waals surface area (Å²) in [6, 6.07) is 16.4. The minimum atomic E-state index is -4.91. The maximum Gasteiger partial charge on any atom is 0.450 e. The molecule has 0 amide bonds. The van der Waals surface area contributed by atoms with Crippen molar-refractivity contribution in [2.24, 2.45) is 0 Å². The Labute approximate surface area is 203 Å². The highest BCUT2D eigenvalue weighted by molar-refractivity contribution is 5.86. The van der Waals surface area contributed by atoms with E-state index in [1.54, 1.807) is 30.3 Å². The summed E-state index contributed by atoms with van der Waals surface area (Å²) in [4.78, 5) is 17.3. The summed E-state index contributed by atoms with van der Waals surface area (Å²) in [7, 11) is 0. The standard InChI is InChI=1S/C27H22F4N2O3/c28-18-6-8-19(9-7-18)33-14-12-32(13-15-33)16-21-22(34)11-10-20-24(35)23(17-4-2-1-3-5-17)26(27(29,30)31)36-25(20)21/h1-11,34H,12-16H2. The van der Waals surface area contributed by atoms with Crippen molar-refractivity contribution in [1.82, 2.24) is 4.90 Å². The third-order valence-electron chi connectivity index (χ3n) is 6.40. The second kappa shape index (κ2) is 9.31. The van der Waals surface area contributed by atoms with Crippen LogP contribution in [-0.4, -0.2) is 36.2 Å². The molecule has 4 aromatic rings. The summed E-state index contributed by atoms with van der Waals surface area (Å²) in [5.41, 5.74) is -0.527. The van der Waals surface area contributed by atoms with Crippen molar-refractivity contribution in [3.05, 3.63) is 94.1 Å². The average molecular weight is 498 g/mol. The molecule has 1 fully saturated rings. The highest BCUT2D eigenvalue weighted by atomic mass is 19.4. The number of halogens is 4. The van der Waals surface area contributed by atoms with Gasteiger partial charge in [-0.25, -0.2) is 4.39 Å². The van der Waals surface area contributed by atoms with Crippen LogP contribution >= 0.6 is 0 Å². The third-order valence-corrected chi connectivity index (χ3v) is 6.40. The molecule has 0 saturated carbocycles. The van der Waals surface area contributed by atoms with Crippen LogP contribution in [0.2, 0.25) is 0 Å². The fourth-order valence-electron chi connectivity index (χ4n) is 4.56. The molecule has 0 spiro atoms. The molecule has 1 aliphatic heterocycles. The Kier molecular flexibility index (Phi) is 6.17. The van der Waals surface area contributed by atoms with Crippen LogP contribution < -0.4 is 10.3 Å². The van der Waals surface area contributed by atoms with E-state index in [1.807, 2.05) is 4.90 Å². The number of fused-ring (bicyclic) bond motifs is 1. The smallest absolute Gasteiger partial charge is 0.450 e. The van der Waals surface area contributed by atoms with Gasteiger partial charge in [0.15, 0.2) is 0 Å². The number of hydrogen-bond donors (Lipinski definition) is 1. The molecule has 5 rings (SSSR count). The van der Waals surface area contributed by atoms with Crippen LogP contribution in [0, 0.1) is 5.82 Å². The second-order valence-corrected chi connectivity index (χ2v) is 8.68. The third kappa shape index (κ3) is 4.54. The molecule has 0 unspecified atom stereocenters. The summed E-state index contributed by atoms with van der Waals surface area (Å²) >= 11 is 0. The molecule has 0 radical (unpaired) electrons. The molecule has 0 aliphatic carbocycles. The molecule has 1 saturated heterocycles. The van der Waals surface area contributed by atoms with Crippen molar-refractivity contribution < 1.29 is 27.1 Å². The van der Waals surface area contributed by atoms with Crippen LogP contribution in [0.4, 0.5) is 23.2 Å². The van der Waals surface area contributed by atoms with Gasteiger partial charge in [0, 0.05) is 38.4 Å². The molecule has 1 aromatic heterocycles. The van der Waals surface area contributed by atoms with Crippen LogP contribution in [-0.2, 0) is 12.7 Å². The summed E-state index contributed by atoms with van der Waals surface area (Å²) in [5.74, 6) is -1.95. The highest BCUT2D eigenvalue weighted by Crippen LogP contribution is 2.39. The van der Waals surface area contributed by atoms with Gasteiger partial charge in [-0.2, -0.15) is 13.2 Å². The molecule has 186 valence electrons. The van der Waals surface area contributed by atoms with Crippen LogP contribution in [0.1, 0.15) is 11.3 Å². The van der Waals surface area contributed by atoms with Gasteiger partial charge in [-0.1, -0.05) is 30.3 Å². The predicted octanol–water partition coefficient (Wildman–Crippen LogP) is 5.65. The van der Waals surface area contributed by atoms with Gasteiger partial charge in [0.25, 0.3) is 0 Å². The quantitative estimate of drug-likeness (QED) is 0.369. The molecule has 9 heteroatoms. The van der Waals surface area contributed by atoms with Crippen LogP contribution in [0.5, 0.6) is 5.75 Å². The van der Waals surface area contributed by atoms with Gasteiger partial charge in [0.05, 0.1) is 16.5 Å². The van der Waals surface area contributed by atoms with E-state index in [0.717, 1.165) is 5.69 Å². The number of phenolic OH excluding ortho intramolecular Hbond substituents is 1. The topological polar surface area (TPSA) is 56.9 Å². The van der Waals surface area contributed by atoms with Crippen molar-refractivity contribution in [2.45, 2.75) is 12.7 Å². The number of aromatic hydroxyl groups is 1.